The Balaban J connectivity index is 1.51. The van der Waals surface area contributed by atoms with Crippen LogP contribution in [0.2, 0.25) is 5.02 Å². The van der Waals surface area contributed by atoms with Crippen LogP contribution in [0.4, 0.5) is 5.69 Å². The van der Waals surface area contributed by atoms with Crippen LogP contribution in [0.25, 0.3) is 0 Å². The van der Waals surface area contributed by atoms with Crippen LogP contribution in [-0.4, -0.2) is 60.0 Å². The molecule has 0 unspecified atom stereocenters. The summed E-state index contributed by atoms with van der Waals surface area (Å²) in [6.07, 6.45) is 0. The van der Waals surface area contributed by atoms with Gasteiger partial charge in [-0.05, 0) is 37.3 Å². The van der Waals surface area contributed by atoms with Crippen molar-refractivity contribution in [3.63, 3.8) is 0 Å². The molecule has 28 heavy (non-hydrogen) atoms. The number of aryl methyl sites for hydroxylation is 1. The molecule has 0 bridgehead atoms. The Labute approximate surface area is 168 Å². The summed E-state index contributed by atoms with van der Waals surface area (Å²) in [6.45, 7) is 5.40. The average Bonchev–Trinajstić information content (AvgIpc) is 2.69. The smallest absolute Gasteiger partial charge is 0.285 e. The van der Waals surface area contributed by atoms with E-state index in [0.717, 1.165) is 12.3 Å². The summed E-state index contributed by atoms with van der Waals surface area (Å²) in [5.41, 5.74) is 0.546. The number of ether oxygens (including phenoxy) is 1. The number of carbonyl (C=O) groups is 1. The summed E-state index contributed by atoms with van der Waals surface area (Å²) >= 11 is 5.85. The van der Waals surface area contributed by atoms with Crippen molar-refractivity contribution in [2.24, 2.45) is 0 Å². The molecule has 0 radical (unpaired) electrons. The van der Waals surface area contributed by atoms with Crippen LogP contribution in [-0.2, 0) is 0 Å². The number of nitro groups is 1. The standard InChI is InChI=1S/C20H22ClN3O4/c1-15-3-2-4-18(19(15)24(26)27)20(25)23-11-9-22(10-12-23)13-14-28-17-7-5-16(21)6-8-17/h2-8H,9-14H2,1H3. The number of hydrogen-bond donors (Lipinski definition) is 0. The van der Waals surface area contributed by atoms with E-state index in [0.29, 0.717) is 43.4 Å². The van der Waals surface area contributed by atoms with Crippen molar-refractivity contribution >= 4 is 23.2 Å². The summed E-state index contributed by atoms with van der Waals surface area (Å²) in [7, 11) is 0. The highest BCUT2D eigenvalue weighted by Crippen LogP contribution is 2.25. The first kappa shape index (κ1) is 20.1. The zero-order chi connectivity index (χ0) is 20.1. The molecule has 0 aromatic heterocycles. The van der Waals surface area contributed by atoms with Crippen molar-refractivity contribution in [3.05, 3.63) is 68.7 Å². The minimum Gasteiger partial charge on any atom is -0.492 e. The monoisotopic (exact) mass is 403 g/mol. The number of piperazine rings is 1. The van der Waals surface area contributed by atoms with E-state index in [2.05, 4.69) is 4.90 Å². The van der Waals surface area contributed by atoms with Gasteiger partial charge in [0, 0.05) is 43.3 Å². The fraction of sp³-hybridized carbons (Fsp3) is 0.350. The third-order valence-corrected chi connectivity index (χ3v) is 5.05. The maximum absolute atomic E-state index is 12.8. The lowest BCUT2D eigenvalue weighted by atomic mass is 10.1. The molecule has 2 aromatic carbocycles. The molecule has 0 saturated carbocycles. The van der Waals surface area contributed by atoms with E-state index in [1.807, 2.05) is 12.1 Å². The van der Waals surface area contributed by atoms with Gasteiger partial charge < -0.3 is 9.64 Å². The van der Waals surface area contributed by atoms with E-state index < -0.39 is 4.92 Å². The number of carbonyl (C=O) groups excluding carboxylic acids is 1. The first-order valence-corrected chi connectivity index (χ1v) is 9.47. The summed E-state index contributed by atoms with van der Waals surface area (Å²) < 4.78 is 5.71. The van der Waals surface area contributed by atoms with Crippen molar-refractivity contribution in [2.45, 2.75) is 6.92 Å². The van der Waals surface area contributed by atoms with Crippen LogP contribution < -0.4 is 4.74 Å². The summed E-state index contributed by atoms with van der Waals surface area (Å²) in [5, 5.41) is 12.0. The van der Waals surface area contributed by atoms with Crippen molar-refractivity contribution < 1.29 is 14.5 Å². The molecule has 7 nitrogen and oxygen atoms in total. The molecule has 0 aliphatic carbocycles. The number of nitrogens with zero attached hydrogens (tertiary/aromatic N) is 3. The molecule has 0 atom stereocenters. The van der Waals surface area contributed by atoms with Gasteiger partial charge in [0.1, 0.15) is 17.9 Å². The zero-order valence-corrected chi connectivity index (χ0v) is 16.4. The summed E-state index contributed by atoms with van der Waals surface area (Å²) in [4.78, 5) is 27.5. The van der Waals surface area contributed by atoms with E-state index in [1.54, 1.807) is 36.1 Å². The lowest BCUT2D eigenvalue weighted by molar-refractivity contribution is -0.385. The average molecular weight is 404 g/mol. The molecular formula is C20H22ClN3O4. The first-order valence-electron chi connectivity index (χ1n) is 9.09. The number of halogens is 1. The molecule has 1 heterocycles. The number of para-hydroxylation sites is 1. The molecule has 3 rings (SSSR count). The lowest BCUT2D eigenvalue weighted by Gasteiger charge is -2.34. The molecule has 1 fully saturated rings. The van der Waals surface area contributed by atoms with Crippen LogP contribution in [0.3, 0.4) is 0 Å². The van der Waals surface area contributed by atoms with Crippen LogP contribution in [0.15, 0.2) is 42.5 Å². The van der Waals surface area contributed by atoms with Crippen LogP contribution in [0.5, 0.6) is 5.75 Å². The number of nitro benzene ring substituents is 1. The highest BCUT2D eigenvalue weighted by atomic mass is 35.5. The Hall–Kier alpha value is -2.64. The van der Waals surface area contributed by atoms with Crippen LogP contribution >= 0.6 is 11.6 Å². The highest BCUT2D eigenvalue weighted by Gasteiger charge is 2.28. The molecule has 2 aromatic rings. The predicted octanol–water partition coefficient (Wildman–Crippen LogP) is 3.39. The number of hydrogen-bond acceptors (Lipinski definition) is 5. The fourth-order valence-electron chi connectivity index (χ4n) is 3.24. The lowest BCUT2D eigenvalue weighted by Crippen LogP contribution is -2.49. The van der Waals surface area contributed by atoms with E-state index in [9.17, 15) is 14.9 Å². The Kier molecular flexibility index (Phi) is 6.49. The van der Waals surface area contributed by atoms with E-state index in [1.165, 1.54) is 6.07 Å². The van der Waals surface area contributed by atoms with Gasteiger partial charge in [-0.25, -0.2) is 0 Å². The molecule has 8 heteroatoms. The maximum atomic E-state index is 12.8. The third kappa shape index (κ3) is 4.79. The Bertz CT molecular complexity index is 849. The van der Waals surface area contributed by atoms with Crippen molar-refractivity contribution in [1.29, 1.82) is 0 Å². The Morgan fingerprint density at radius 3 is 2.46 bits per heavy atom. The van der Waals surface area contributed by atoms with E-state index in [-0.39, 0.29) is 17.2 Å². The second-order valence-corrected chi connectivity index (χ2v) is 7.10. The SMILES string of the molecule is Cc1cccc(C(=O)N2CCN(CCOc3ccc(Cl)cc3)CC2)c1[N+](=O)[O-]. The first-order chi connectivity index (χ1) is 13.5. The maximum Gasteiger partial charge on any atom is 0.285 e. The second-order valence-electron chi connectivity index (χ2n) is 6.66. The predicted molar refractivity (Wildman–Crippen MR) is 107 cm³/mol. The van der Waals surface area contributed by atoms with Gasteiger partial charge in [0.15, 0.2) is 0 Å². The van der Waals surface area contributed by atoms with Gasteiger partial charge in [-0.1, -0.05) is 23.7 Å². The third-order valence-electron chi connectivity index (χ3n) is 4.80. The number of amides is 1. The molecular weight excluding hydrogens is 382 g/mol. The molecule has 1 saturated heterocycles. The minimum atomic E-state index is -0.479. The molecule has 148 valence electrons. The van der Waals surface area contributed by atoms with Gasteiger partial charge >= 0.3 is 0 Å². The van der Waals surface area contributed by atoms with Gasteiger partial charge in [0.25, 0.3) is 11.6 Å². The topological polar surface area (TPSA) is 75.9 Å². The van der Waals surface area contributed by atoms with Gasteiger partial charge in [0.2, 0.25) is 0 Å². The zero-order valence-electron chi connectivity index (χ0n) is 15.6. The quantitative estimate of drug-likeness (QED) is 0.545. The molecule has 0 spiro atoms. The van der Waals surface area contributed by atoms with Crippen LogP contribution in [0.1, 0.15) is 15.9 Å². The molecule has 0 N–H and O–H groups in total. The van der Waals surface area contributed by atoms with Crippen LogP contribution in [0, 0.1) is 17.0 Å². The normalized spacial score (nSPS) is 14.7. The Morgan fingerprint density at radius 2 is 1.82 bits per heavy atom. The number of rotatable bonds is 6. The molecule has 1 amide bonds. The number of benzene rings is 2. The van der Waals surface area contributed by atoms with Crippen molar-refractivity contribution in [3.8, 4) is 5.75 Å². The largest absolute Gasteiger partial charge is 0.492 e. The summed E-state index contributed by atoms with van der Waals surface area (Å²) in [6, 6.07) is 12.1. The van der Waals surface area contributed by atoms with E-state index >= 15 is 0 Å². The molecule has 1 aliphatic rings. The van der Waals surface area contributed by atoms with Gasteiger partial charge in [-0.2, -0.15) is 0 Å². The summed E-state index contributed by atoms with van der Waals surface area (Å²) in [5.74, 6) is 0.484. The van der Waals surface area contributed by atoms with Crippen molar-refractivity contribution in [1.82, 2.24) is 9.80 Å². The van der Waals surface area contributed by atoms with Crippen molar-refractivity contribution in [2.75, 3.05) is 39.3 Å². The fourth-order valence-corrected chi connectivity index (χ4v) is 3.37. The minimum absolute atomic E-state index is 0.105. The second kappa shape index (κ2) is 9.03. The highest BCUT2D eigenvalue weighted by molar-refractivity contribution is 6.30. The molecule has 1 aliphatic heterocycles. The van der Waals surface area contributed by atoms with Gasteiger partial charge in [0.05, 0.1) is 4.92 Å². The van der Waals surface area contributed by atoms with Gasteiger partial charge in [-0.15, -0.1) is 0 Å². The van der Waals surface area contributed by atoms with E-state index in [4.69, 9.17) is 16.3 Å². The Morgan fingerprint density at radius 1 is 1.14 bits per heavy atom. The van der Waals surface area contributed by atoms with Gasteiger partial charge in [-0.3, -0.25) is 19.8 Å².